The summed E-state index contributed by atoms with van der Waals surface area (Å²) >= 11 is 1.62. The summed E-state index contributed by atoms with van der Waals surface area (Å²) in [6.07, 6.45) is 3.01. The maximum atomic E-state index is 13.1. The number of pyridine rings is 1. The molecule has 1 amide bonds. The molecule has 7 nitrogen and oxygen atoms in total. The van der Waals surface area contributed by atoms with Crippen molar-refractivity contribution in [2.24, 2.45) is 0 Å². The second-order valence-corrected chi connectivity index (χ2v) is 10.3. The van der Waals surface area contributed by atoms with Crippen LogP contribution in [0, 0.1) is 13.8 Å². The van der Waals surface area contributed by atoms with Gasteiger partial charge in [-0.2, -0.15) is 0 Å². The summed E-state index contributed by atoms with van der Waals surface area (Å²) in [5.41, 5.74) is 2.17. The Bertz CT molecular complexity index is 898. The van der Waals surface area contributed by atoms with E-state index in [9.17, 15) is 9.90 Å². The van der Waals surface area contributed by atoms with Crippen molar-refractivity contribution in [1.29, 1.82) is 0 Å². The van der Waals surface area contributed by atoms with Crippen LogP contribution < -0.4 is 0 Å². The highest BCUT2D eigenvalue weighted by atomic mass is 32.1. The SMILES string of the molecule is Cc1nc2c(C)ncc([C@H]3CC[C@@H](COC(C)(C)O)N3C(=O)OC(C)(C)C)c2s1. The Kier molecular flexibility index (Phi) is 5.91. The molecule has 160 valence electrons. The maximum absolute atomic E-state index is 13.1. The van der Waals surface area contributed by atoms with Gasteiger partial charge in [0.05, 0.1) is 34.1 Å². The van der Waals surface area contributed by atoms with Gasteiger partial charge in [0.25, 0.3) is 0 Å². The van der Waals surface area contributed by atoms with Gasteiger partial charge in [-0.1, -0.05) is 0 Å². The summed E-state index contributed by atoms with van der Waals surface area (Å²) in [5, 5.41) is 10.9. The molecule has 0 spiro atoms. The molecule has 1 saturated heterocycles. The number of ether oxygens (including phenoxy) is 2. The second kappa shape index (κ2) is 7.81. The zero-order valence-electron chi connectivity index (χ0n) is 18.3. The number of likely N-dealkylation sites (tertiary alicyclic amines) is 1. The number of thiazole rings is 1. The van der Waals surface area contributed by atoms with Gasteiger partial charge in [0, 0.05) is 11.8 Å². The minimum atomic E-state index is -1.26. The number of aryl methyl sites for hydroxylation is 2. The molecular weight excluding hydrogens is 390 g/mol. The first-order chi connectivity index (χ1) is 13.4. The first kappa shape index (κ1) is 21.9. The van der Waals surface area contributed by atoms with Crippen LogP contribution >= 0.6 is 11.3 Å². The van der Waals surface area contributed by atoms with Crippen molar-refractivity contribution in [1.82, 2.24) is 14.9 Å². The Morgan fingerprint density at radius 2 is 1.97 bits per heavy atom. The zero-order valence-corrected chi connectivity index (χ0v) is 19.1. The molecule has 0 aromatic carbocycles. The van der Waals surface area contributed by atoms with Gasteiger partial charge in [-0.15, -0.1) is 11.3 Å². The van der Waals surface area contributed by atoms with Gasteiger partial charge in [0.1, 0.15) is 11.1 Å². The van der Waals surface area contributed by atoms with Crippen LogP contribution in [-0.2, 0) is 9.47 Å². The van der Waals surface area contributed by atoms with Crippen LogP contribution in [0.4, 0.5) is 4.79 Å². The lowest BCUT2D eigenvalue weighted by atomic mass is 10.1. The van der Waals surface area contributed by atoms with Gasteiger partial charge in [-0.05, 0) is 61.3 Å². The molecule has 1 aliphatic rings. The molecule has 1 aliphatic heterocycles. The van der Waals surface area contributed by atoms with Crippen LogP contribution in [0.25, 0.3) is 10.2 Å². The third kappa shape index (κ3) is 5.05. The van der Waals surface area contributed by atoms with Crippen LogP contribution in [0.2, 0.25) is 0 Å². The lowest BCUT2D eigenvalue weighted by Crippen LogP contribution is -2.44. The standard InChI is InChI=1S/C21H31N3O4S/c1-12-17-18(29-13(2)23-17)15(10-22-12)16-9-8-14(11-27-21(6,7)26)24(16)19(25)28-20(3,4)5/h10,14,16,26H,8-9,11H2,1-7H3/t14-,16+/m0/s1. The molecule has 1 fully saturated rings. The minimum Gasteiger partial charge on any atom is -0.444 e. The maximum Gasteiger partial charge on any atom is 0.411 e. The fourth-order valence-electron chi connectivity index (χ4n) is 3.63. The van der Waals surface area contributed by atoms with Crippen molar-refractivity contribution in [3.8, 4) is 0 Å². The summed E-state index contributed by atoms with van der Waals surface area (Å²) in [5.74, 6) is -1.26. The normalized spacial score (nSPS) is 20.5. The lowest BCUT2D eigenvalue weighted by molar-refractivity contribution is -0.183. The smallest absolute Gasteiger partial charge is 0.411 e. The quantitative estimate of drug-likeness (QED) is 0.732. The predicted octanol–water partition coefficient (Wildman–Crippen LogP) is 4.49. The van der Waals surface area contributed by atoms with Crippen molar-refractivity contribution in [2.45, 2.75) is 84.8 Å². The van der Waals surface area contributed by atoms with E-state index in [0.29, 0.717) is 0 Å². The van der Waals surface area contributed by atoms with E-state index in [2.05, 4.69) is 9.97 Å². The molecule has 0 radical (unpaired) electrons. The monoisotopic (exact) mass is 421 g/mol. The molecule has 0 aliphatic carbocycles. The first-order valence-electron chi connectivity index (χ1n) is 9.96. The van der Waals surface area contributed by atoms with Crippen LogP contribution in [0.5, 0.6) is 0 Å². The highest BCUT2D eigenvalue weighted by Gasteiger charge is 2.41. The largest absolute Gasteiger partial charge is 0.444 e. The molecule has 2 aromatic rings. The molecular formula is C21H31N3O4S. The second-order valence-electron chi connectivity index (χ2n) is 9.10. The number of carbonyl (C=O) groups is 1. The summed E-state index contributed by atoms with van der Waals surface area (Å²) < 4.78 is 12.4. The number of amides is 1. The molecule has 0 unspecified atom stereocenters. The van der Waals surface area contributed by atoms with E-state index in [0.717, 1.165) is 39.3 Å². The Balaban J connectivity index is 1.98. The van der Waals surface area contributed by atoms with Gasteiger partial charge < -0.3 is 14.6 Å². The third-order valence-electron chi connectivity index (χ3n) is 4.83. The molecule has 2 aromatic heterocycles. The number of aliphatic hydroxyl groups is 1. The zero-order chi connectivity index (χ0) is 21.6. The lowest BCUT2D eigenvalue weighted by Gasteiger charge is -2.33. The highest BCUT2D eigenvalue weighted by Crippen LogP contribution is 2.42. The van der Waals surface area contributed by atoms with Gasteiger partial charge in [-0.25, -0.2) is 9.78 Å². The number of rotatable bonds is 4. The number of carbonyl (C=O) groups excluding carboxylic acids is 1. The number of fused-ring (bicyclic) bond motifs is 1. The van der Waals surface area contributed by atoms with E-state index in [1.807, 2.05) is 40.8 Å². The van der Waals surface area contributed by atoms with E-state index in [1.165, 1.54) is 0 Å². The van der Waals surface area contributed by atoms with Crippen LogP contribution in [-0.4, -0.2) is 50.1 Å². The Hall–Kier alpha value is -1.77. The summed E-state index contributed by atoms with van der Waals surface area (Å²) in [7, 11) is 0. The third-order valence-corrected chi connectivity index (χ3v) is 5.85. The van der Waals surface area contributed by atoms with Gasteiger partial charge >= 0.3 is 6.09 Å². The molecule has 29 heavy (non-hydrogen) atoms. The summed E-state index contributed by atoms with van der Waals surface area (Å²) in [6, 6.07) is -0.359. The van der Waals surface area contributed by atoms with Crippen molar-refractivity contribution in [2.75, 3.05) is 6.61 Å². The molecule has 0 bridgehead atoms. The predicted molar refractivity (Wildman–Crippen MR) is 113 cm³/mol. The summed E-state index contributed by atoms with van der Waals surface area (Å²) in [6.45, 7) is 12.9. The Morgan fingerprint density at radius 1 is 1.28 bits per heavy atom. The van der Waals surface area contributed by atoms with Gasteiger partial charge in [0.15, 0.2) is 5.79 Å². The van der Waals surface area contributed by atoms with Gasteiger partial charge in [-0.3, -0.25) is 9.88 Å². The number of aromatic nitrogens is 2. The topological polar surface area (TPSA) is 84.8 Å². The van der Waals surface area contributed by atoms with Crippen molar-refractivity contribution in [3.05, 3.63) is 22.5 Å². The number of hydrogen-bond acceptors (Lipinski definition) is 7. The molecule has 8 heteroatoms. The van der Waals surface area contributed by atoms with E-state index in [-0.39, 0.29) is 24.8 Å². The molecule has 2 atom stereocenters. The first-order valence-corrected chi connectivity index (χ1v) is 10.8. The highest BCUT2D eigenvalue weighted by molar-refractivity contribution is 7.18. The molecule has 3 rings (SSSR count). The molecule has 1 N–H and O–H groups in total. The average Bonchev–Trinajstić information content (AvgIpc) is 3.15. The fourth-order valence-corrected chi connectivity index (χ4v) is 4.66. The van der Waals surface area contributed by atoms with E-state index < -0.39 is 11.4 Å². The number of nitrogens with zero attached hydrogens (tertiary/aromatic N) is 3. The molecule has 3 heterocycles. The molecule has 0 saturated carbocycles. The van der Waals surface area contributed by atoms with Crippen molar-refractivity contribution >= 4 is 27.6 Å². The summed E-state index contributed by atoms with van der Waals surface area (Å²) in [4.78, 5) is 24.1. The van der Waals surface area contributed by atoms with Crippen LogP contribution in [0.1, 0.15) is 69.8 Å². The van der Waals surface area contributed by atoms with Gasteiger partial charge in [0.2, 0.25) is 0 Å². The van der Waals surface area contributed by atoms with Crippen LogP contribution in [0.3, 0.4) is 0 Å². The fraction of sp³-hybridized carbons (Fsp3) is 0.667. The Labute approximate surface area is 176 Å². The van der Waals surface area contributed by atoms with Crippen LogP contribution in [0.15, 0.2) is 6.20 Å². The van der Waals surface area contributed by atoms with E-state index in [4.69, 9.17) is 9.47 Å². The van der Waals surface area contributed by atoms with Crippen molar-refractivity contribution in [3.63, 3.8) is 0 Å². The van der Waals surface area contributed by atoms with E-state index >= 15 is 0 Å². The van der Waals surface area contributed by atoms with E-state index in [1.54, 1.807) is 30.1 Å². The Morgan fingerprint density at radius 3 is 2.59 bits per heavy atom. The number of hydrogen-bond donors (Lipinski definition) is 1. The average molecular weight is 422 g/mol. The minimum absolute atomic E-state index is 0.171. The van der Waals surface area contributed by atoms with Crippen molar-refractivity contribution < 1.29 is 19.4 Å².